The van der Waals surface area contributed by atoms with Crippen molar-refractivity contribution in [2.45, 2.75) is 66.6 Å². The van der Waals surface area contributed by atoms with E-state index >= 15 is 0 Å². The van der Waals surface area contributed by atoms with Gasteiger partial charge < -0.3 is 13.1 Å². The second-order valence-corrected chi connectivity index (χ2v) is 18.6. The molecule has 6 heteroatoms. The van der Waals surface area contributed by atoms with Crippen molar-refractivity contribution in [3.05, 3.63) is 0 Å². The molecule has 118 valence electrons. The van der Waals surface area contributed by atoms with Crippen molar-refractivity contribution in [3.63, 3.8) is 0 Å². The first-order valence-electron chi connectivity index (χ1n) is 7.51. The average molecular weight is 324 g/mol. The third kappa shape index (κ3) is 12.0. The second-order valence-electron chi connectivity index (χ2n) is 6.56. The van der Waals surface area contributed by atoms with Crippen molar-refractivity contribution < 1.29 is 8.85 Å². The highest BCUT2D eigenvalue weighted by Gasteiger charge is 2.32. The Morgan fingerprint density at radius 2 is 1.11 bits per heavy atom. The molecular weight excluding hydrogens is 286 g/mol. The maximum absolute atomic E-state index is 5.20. The molecule has 0 aromatic carbocycles. The van der Waals surface area contributed by atoms with E-state index in [1.807, 2.05) is 20.4 Å². The van der Waals surface area contributed by atoms with Crippen molar-refractivity contribution in [2.75, 3.05) is 19.8 Å². The van der Waals surface area contributed by atoms with Gasteiger partial charge in [0.05, 0.1) is 0 Å². The van der Waals surface area contributed by atoms with Gasteiger partial charge in [0.2, 0.25) is 0 Å². The smallest absolute Gasteiger partial charge is 0.318 e. The maximum Gasteiger partial charge on any atom is 0.318 e. The summed E-state index contributed by atoms with van der Waals surface area (Å²) >= 11 is 0. The Kier molecular flexibility index (Phi) is 11.8. The van der Waals surface area contributed by atoms with E-state index in [9.17, 15) is 0 Å². The van der Waals surface area contributed by atoms with Crippen LogP contribution in [0.25, 0.3) is 0 Å². The SMILES string of the molecule is CCN([Si](C)(C)C)[Si](C)(C)C.CCO[SiH](C)OCC. The van der Waals surface area contributed by atoms with E-state index in [1.165, 1.54) is 6.54 Å². The van der Waals surface area contributed by atoms with Crippen LogP contribution >= 0.6 is 0 Å². The minimum absolute atomic E-state index is 0.785. The summed E-state index contributed by atoms with van der Waals surface area (Å²) in [5.74, 6) is 0. The fraction of sp³-hybridized carbons (Fsp3) is 1.00. The molecule has 0 rings (SSSR count). The molecule has 0 saturated heterocycles. The van der Waals surface area contributed by atoms with E-state index in [0.717, 1.165) is 13.2 Å². The van der Waals surface area contributed by atoms with E-state index in [4.69, 9.17) is 8.85 Å². The topological polar surface area (TPSA) is 21.7 Å². The van der Waals surface area contributed by atoms with Gasteiger partial charge in [0, 0.05) is 13.2 Å². The zero-order valence-corrected chi connectivity index (χ0v) is 18.1. The average Bonchev–Trinajstić information content (AvgIpc) is 2.15. The van der Waals surface area contributed by atoms with E-state index in [-0.39, 0.29) is 0 Å². The molecule has 0 aliphatic rings. The number of rotatable bonds is 7. The molecule has 0 spiro atoms. The molecule has 19 heavy (non-hydrogen) atoms. The zero-order valence-electron chi connectivity index (χ0n) is 15.0. The largest absolute Gasteiger partial charge is 0.397 e. The lowest BCUT2D eigenvalue weighted by Crippen LogP contribution is -2.58. The molecule has 0 fully saturated rings. The van der Waals surface area contributed by atoms with Gasteiger partial charge in [-0.15, -0.1) is 0 Å². The quantitative estimate of drug-likeness (QED) is 0.664. The Morgan fingerprint density at radius 3 is 1.21 bits per heavy atom. The Labute approximate surface area is 125 Å². The predicted molar refractivity (Wildman–Crippen MR) is 95.3 cm³/mol. The first-order chi connectivity index (χ1) is 8.50. The van der Waals surface area contributed by atoms with E-state index in [2.05, 4.69) is 50.4 Å². The lowest BCUT2D eigenvalue weighted by atomic mass is 10.8. The molecule has 0 saturated carbocycles. The van der Waals surface area contributed by atoms with Crippen LogP contribution in [-0.4, -0.2) is 49.7 Å². The lowest BCUT2D eigenvalue weighted by Gasteiger charge is -2.42. The van der Waals surface area contributed by atoms with Gasteiger partial charge in [-0.1, -0.05) is 46.2 Å². The summed E-state index contributed by atoms with van der Waals surface area (Å²) in [6, 6.07) is 0. The van der Waals surface area contributed by atoms with Gasteiger partial charge in [-0.2, -0.15) is 0 Å². The zero-order chi connectivity index (χ0) is 15.7. The van der Waals surface area contributed by atoms with Crippen molar-refractivity contribution in [3.8, 4) is 0 Å². The van der Waals surface area contributed by atoms with Gasteiger partial charge in [0.15, 0.2) is 0 Å². The van der Waals surface area contributed by atoms with Gasteiger partial charge in [-0.05, 0) is 26.9 Å². The fourth-order valence-corrected chi connectivity index (χ4v) is 13.5. The lowest BCUT2D eigenvalue weighted by molar-refractivity contribution is 0.219. The van der Waals surface area contributed by atoms with Crippen molar-refractivity contribution in [1.82, 2.24) is 4.23 Å². The van der Waals surface area contributed by atoms with Gasteiger partial charge in [-0.3, -0.25) is 0 Å². The van der Waals surface area contributed by atoms with Crippen molar-refractivity contribution in [2.24, 2.45) is 0 Å². The summed E-state index contributed by atoms with van der Waals surface area (Å²) in [4.78, 5) is 0. The first kappa shape index (κ1) is 21.8. The Morgan fingerprint density at radius 1 is 0.789 bits per heavy atom. The van der Waals surface area contributed by atoms with Crippen molar-refractivity contribution in [1.29, 1.82) is 0 Å². The second kappa shape index (κ2) is 10.3. The first-order valence-corrected chi connectivity index (χ1v) is 16.5. The molecule has 0 N–H and O–H groups in total. The minimum Gasteiger partial charge on any atom is -0.397 e. The number of hydrogen-bond acceptors (Lipinski definition) is 3. The fourth-order valence-electron chi connectivity index (χ4n) is 2.47. The van der Waals surface area contributed by atoms with Gasteiger partial charge >= 0.3 is 9.28 Å². The number of hydrogen-bond donors (Lipinski definition) is 0. The summed E-state index contributed by atoms with van der Waals surface area (Å²) in [5.41, 5.74) is 0. The highest BCUT2D eigenvalue weighted by Crippen LogP contribution is 2.18. The summed E-state index contributed by atoms with van der Waals surface area (Å²) in [7, 11) is -3.26. The molecule has 0 aliphatic carbocycles. The van der Waals surface area contributed by atoms with Crippen molar-refractivity contribution >= 4 is 25.8 Å². The van der Waals surface area contributed by atoms with Crippen LogP contribution in [0, 0.1) is 0 Å². The predicted octanol–water partition coefficient (Wildman–Crippen LogP) is 3.89. The molecule has 3 nitrogen and oxygen atoms in total. The Bertz CT molecular complexity index is 195. The minimum atomic E-state index is -1.20. The normalized spacial score (nSPS) is 12.6. The van der Waals surface area contributed by atoms with Crippen LogP contribution in [0.15, 0.2) is 0 Å². The molecule has 0 unspecified atom stereocenters. The van der Waals surface area contributed by atoms with E-state index in [1.54, 1.807) is 0 Å². The van der Waals surface area contributed by atoms with Crippen LogP contribution in [0.1, 0.15) is 20.8 Å². The highest BCUT2D eigenvalue weighted by molar-refractivity contribution is 6.89. The molecule has 0 aromatic rings. The molecule has 0 amide bonds. The molecule has 0 bridgehead atoms. The van der Waals surface area contributed by atoms with Crippen LogP contribution < -0.4 is 0 Å². The van der Waals surface area contributed by atoms with Crippen LogP contribution in [0.5, 0.6) is 0 Å². The molecule has 0 atom stereocenters. The summed E-state index contributed by atoms with van der Waals surface area (Å²) < 4.78 is 13.2. The molecule has 0 radical (unpaired) electrons. The summed E-state index contributed by atoms with van der Waals surface area (Å²) in [6.45, 7) is 25.7. The van der Waals surface area contributed by atoms with Crippen LogP contribution in [-0.2, 0) is 8.85 Å². The van der Waals surface area contributed by atoms with Gasteiger partial charge in [0.1, 0.15) is 16.5 Å². The molecule has 0 heterocycles. The maximum atomic E-state index is 5.20. The molecule has 0 aromatic heterocycles. The van der Waals surface area contributed by atoms with Gasteiger partial charge in [-0.25, -0.2) is 0 Å². The Hall–Kier alpha value is 0.531. The third-order valence-corrected chi connectivity index (χ3v) is 12.2. The van der Waals surface area contributed by atoms with Gasteiger partial charge in [0.25, 0.3) is 0 Å². The van der Waals surface area contributed by atoms with Crippen LogP contribution in [0.2, 0.25) is 45.8 Å². The highest BCUT2D eigenvalue weighted by atomic mass is 28.4. The monoisotopic (exact) mass is 323 g/mol. The van der Waals surface area contributed by atoms with Crippen LogP contribution in [0.3, 0.4) is 0 Å². The standard InChI is InChI=1S/C8H23NSi2.C5H14O2Si/c1-8-9(10(2,3)4)11(5,6)7;1-4-6-8(3)7-5-2/h8H2,1-7H3;8H,4-5H2,1-3H3. The number of nitrogens with zero attached hydrogens (tertiary/aromatic N) is 1. The van der Waals surface area contributed by atoms with Crippen LogP contribution in [0.4, 0.5) is 0 Å². The third-order valence-electron chi connectivity index (χ3n) is 2.74. The summed E-state index contributed by atoms with van der Waals surface area (Å²) in [5, 5.41) is 0. The summed E-state index contributed by atoms with van der Waals surface area (Å²) in [6.07, 6.45) is 0. The van der Waals surface area contributed by atoms with E-state index < -0.39 is 25.8 Å². The Balaban J connectivity index is 0. The molecule has 0 aliphatic heterocycles. The van der Waals surface area contributed by atoms with E-state index in [0.29, 0.717) is 0 Å². The molecular formula is C13H37NO2Si3.